The molecule has 0 bridgehead atoms. The number of nitrogens with two attached hydrogens (primary N) is 1. The quantitative estimate of drug-likeness (QED) is 0.896. The van der Waals surface area contributed by atoms with Crippen molar-refractivity contribution >= 4 is 10.8 Å². The molecule has 0 saturated heterocycles. The Morgan fingerprint density at radius 2 is 1.75 bits per heavy atom. The van der Waals surface area contributed by atoms with Crippen molar-refractivity contribution in [3.63, 3.8) is 0 Å². The van der Waals surface area contributed by atoms with Crippen molar-refractivity contribution in [2.75, 3.05) is 0 Å². The van der Waals surface area contributed by atoms with Gasteiger partial charge in [0.1, 0.15) is 11.9 Å². The molecule has 104 valence electrons. The minimum Gasteiger partial charge on any atom is -0.490 e. The molecule has 2 nitrogen and oxygen atoms in total. The smallest absolute Gasteiger partial charge is 0.120 e. The number of hydrogen-bond acceptors (Lipinski definition) is 2. The van der Waals surface area contributed by atoms with Crippen LogP contribution in [0.5, 0.6) is 5.75 Å². The highest BCUT2D eigenvalue weighted by molar-refractivity contribution is 5.83. The Morgan fingerprint density at radius 3 is 2.50 bits per heavy atom. The molecule has 2 aromatic rings. The molecule has 20 heavy (non-hydrogen) atoms. The van der Waals surface area contributed by atoms with Gasteiger partial charge < -0.3 is 10.5 Å². The Kier molecular flexibility index (Phi) is 2.74. The second-order valence-electron chi connectivity index (χ2n) is 6.40. The summed E-state index contributed by atoms with van der Waals surface area (Å²) >= 11 is 0. The first-order chi connectivity index (χ1) is 9.78. The van der Waals surface area contributed by atoms with Crippen LogP contribution in [0.2, 0.25) is 0 Å². The third-order valence-electron chi connectivity index (χ3n) is 5.38. The molecule has 4 rings (SSSR count). The third kappa shape index (κ3) is 1.75. The van der Waals surface area contributed by atoms with E-state index in [4.69, 9.17) is 10.5 Å². The molecule has 2 aromatic carbocycles. The average Bonchev–Trinajstić information content (AvgIpc) is 2.99. The molecule has 1 spiro atoms. The van der Waals surface area contributed by atoms with Crippen LogP contribution in [0.3, 0.4) is 0 Å². The lowest BCUT2D eigenvalue weighted by Gasteiger charge is -2.52. The number of rotatable bonds is 2. The first kappa shape index (κ1) is 12.2. The van der Waals surface area contributed by atoms with Crippen LogP contribution in [0.15, 0.2) is 42.5 Å². The maximum atomic E-state index is 6.29. The predicted octanol–water partition coefficient (Wildman–Crippen LogP) is 3.88. The minimum absolute atomic E-state index is 0.269. The monoisotopic (exact) mass is 267 g/mol. The molecule has 0 amide bonds. The molecule has 2 unspecified atom stereocenters. The van der Waals surface area contributed by atoms with Crippen molar-refractivity contribution < 1.29 is 4.74 Å². The Morgan fingerprint density at radius 1 is 1.00 bits per heavy atom. The van der Waals surface area contributed by atoms with E-state index in [1.807, 2.05) is 0 Å². The summed E-state index contributed by atoms with van der Waals surface area (Å²) in [5.74, 6) is 0.992. The largest absolute Gasteiger partial charge is 0.490 e. The van der Waals surface area contributed by atoms with E-state index in [9.17, 15) is 0 Å². The second-order valence-corrected chi connectivity index (χ2v) is 6.40. The zero-order valence-electron chi connectivity index (χ0n) is 11.7. The van der Waals surface area contributed by atoms with E-state index in [0.29, 0.717) is 12.1 Å². The number of hydrogen-bond donors (Lipinski definition) is 1. The van der Waals surface area contributed by atoms with Crippen LogP contribution in [0, 0.1) is 5.41 Å². The molecule has 0 radical (unpaired) electrons. The summed E-state index contributed by atoms with van der Waals surface area (Å²) in [6.45, 7) is 0. The molecule has 2 N–H and O–H groups in total. The summed E-state index contributed by atoms with van der Waals surface area (Å²) in [4.78, 5) is 0. The fraction of sp³-hybridized carbons (Fsp3) is 0.444. The lowest BCUT2D eigenvalue weighted by Crippen LogP contribution is -2.62. The third-order valence-corrected chi connectivity index (χ3v) is 5.38. The van der Waals surface area contributed by atoms with Crippen molar-refractivity contribution in [3.8, 4) is 5.75 Å². The van der Waals surface area contributed by atoms with Gasteiger partial charge in [0.05, 0.1) is 0 Å². The van der Waals surface area contributed by atoms with E-state index < -0.39 is 0 Å². The van der Waals surface area contributed by atoms with Gasteiger partial charge in [-0.1, -0.05) is 43.2 Å². The highest BCUT2D eigenvalue weighted by Crippen LogP contribution is 2.53. The van der Waals surface area contributed by atoms with E-state index in [0.717, 1.165) is 12.2 Å². The minimum atomic E-state index is 0.269. The molecule has 2 aliphatic carbocycles. The molecular weight excluding hydrogens is 246 g/mol. The predicted molar refractivity (Wildman–Crippen MR) is 81.9 cm³/mol. The van der Waals surface area contributed by atoms with Crippen LogP contribution in [-0.4, -0.2) is 12.1 Å². The summed E-state index contributed by atoms with van der Waals surface area (Å²) in [5.41, 5.74) is 6.54. The van der Waals surface area contributed by atoms with Gasteiger partial charge in [-0.3, -0.25) is 0 Å². The van der Waals surface area contributed by atoms with E-state index in [1.54, 1.807) is 0 Å². The number of fused-ring (bicyclic) bond motifs is 1. The second kappa shape index (κ2) is 4.49. The molecular formula is C18H21NO. The van der Waals surface area contributed by atoms with Gasteiger partial charge in [-0.25, -0.2) is 0 Å². The fourth-order valence-electron chi connectivity index (χ4n) is 4.07. The zero-order chi connectivity index (χ0) is 13.6. The molecule has 2 aliphatic rings. The first-order valence-corrected chi connectivity index (χ1v) is 7.69. The maximum absolute atomic E-state index is 6.29. The lowest BCUT2D eigenvalue weighted by molar-refractivity contribution is -0.0619. The Balaban J connectivity index is 1.58. The normalized spacial score (nSPS) is 27.6. The molecule has 2 heteroatoms. The van der Waals surface area contributed by atoms with Gasteiger partial charge in [0.15, 0.2) is 0 Å². The summed E-state index contributed by atoms with van der Waals surface area (Å²) in [6, 6.07) is 15.2. The summed E-state index contributed by atoms with van der Waals surface area (Å²) in [6.07, 6.45) is 6.43. The van der Waals surface area contributed by atoms with Crippen LogP contribution < -0.4 is 10.5 Å². The molecule has 2 fully saturated rings. The summed E-state index contributed by atoms with van der Waals surface area (Å²) in [5, 5.41) is 2.51. The van der Waals surface area contributed by atoms with Crippen LogP contribution in [0.25, 0.3) is 10.8 Å². The maximum Gasteiger partial charge on any atom is 0.120 e. The van der Waals surface area contributed by atoms with E-state index in [2.05, 4.69) is 42.5 Å². The van der Waals surface area contributed by atoms with Crippen LogP contribution in [0.4, 0.5) is 0 Å². The van der Waals surface area contributed by atoms with Gasteiger partial charge >= 0.3 is 0 Å². The molecule has 0 aromatic heterocycles. The Labute approximate surface area is 119 Å². The Hall–Kier alpha value is -1.54. The van der Waals surface area contributed by atoms with Crippen LogP contribution >= 0.6 is 0 Å². The van der Waals surface area contributed by atoms with Crippen molar-refractivity contribution in [2.24, 2.45) is 11.1 Å². The molecule has 0 aliphatic heterocycles. The topological polar surface area (TPSA) is 35.2 Å². The average molecular weight is 267 g/mol. The fourth-order valence-corrected chi connectivity index (χ4v) is 4.07. The number of benzene rings is 2. The van der Waals surface area contributed by atoms with E-state index in [-0.39, 0.29) is 5.41 Å². The molecule has 2 saturated carbocycles. The van der Waals surface area contributed by atoms with Crippen LogP contribution in [-0.2, 0) is 0 Å². The molecule has 0 heterocycles. The van der Waals surface area contributed by atoms with Gasteiger partial charge in [-0.2, -0.15) is 0 Å². The zero-order valence-corrected chi connectivity index (χ0v) is 11.7. The summed E-state index contributed by atoms with van der Waals surface area (Å²) < 4.78 is 6.29. The van der Waals surface area contributed by atoms with Crippen molar-refractivity contribution in [1.82, 2.24) is 0 Å². The van der Waals surface area contributed by atoms with Crippen LogP contribution in [0.1, 0.15) is 32.1 Å². The van der Waals surface area contributed by atoms with Gasteiger partial charge in [-0.05, 0) is 35.7 Å². The Bertz CT molecular complexity index is 630. The van der Waals surface area contributed by atoms with Crippen molar-refractivity contribution in [1.29, 1.82) is 0 Å². The van der Waals surface area contributed by atoms with Gasteiger partial charge in [-0.15, -0.1) is 0 Å². The van der Waals surface area contributed by atoms with E-state index >= 15 is 0 Å². The van der Waals surface area contributed by atoms with Gasteiger partial charge in [0.25, 0.3) is 0 Å². The lowest BCUT2D eigenvalue weighted by atomic mass is 9.61. The highest BCUT2D eigenvalue weighted by atomic mass is 16.5. The SMILES string of the molecule is NC1CC(Oc2ccc3ccccc3c2)C12CCCC2. The van der Waals surface area contributed by atoms with E-state index in [1.165, 1.54) is 36.5 Å². The van der Waals surface area contributed by atoms with Gasteiger partial charge in [0.2, 0.25) is 0 Å². The summed E-state index contributed by atoms with van der Waals surface area (Å²) in [7, 11) is 0. The highest BCUT2D eigenvalue weighted by Gasteiger charge is 2.56. The van der Waals surface area contributed by atoms with Gasteiger partial charge in [0, 0.05) is 17.9 Å². The first-order valence-electron chi connectivity index (χ1n) is 7.69. The standard InChI is InChI=1S/C18H21NO/c19-16-12-17(18(16)9-3-4-10-18)20-15-8-7-13-5-1-2-6-14(13)11-15/h1-2,5-8,11,16-17H,3-4,9-10,12,19H2. The molecule has 2 atom stereocenters. The van der Waals surface area contributed by atoms with Crippen molar-refractivity contribution in [3.05, 3.63) is 42.5 Å². The number of ether oxygens (including phenoxy) is 1. The van der Waals surface area contributed by atoms with Crippen molar-refractivity contribution in [2.45, 2.75) is 44.2 Å².